The Bertz CT molecular complexity index is 325. The maximum absolute atomic E-state index is 6.74. The molecule has 0 rings (SSSR count). The van der Waals surface area contributed by atoms with Crippen molar-refractivity contribution in [2.24, 2.45) is 0 Å². The standard InChI is InChI=1S/C22H52O2Si3/c1-9-11-13-15-17-19-21-25(3,4)23-27(7,8)24-26(5,6)22-20-18-16-14-12-10-2/h9-22H2,1-8H3. The lowest BCUT2D eigenvalue weighted by Crippen LogP contribution is -2.52. The van der Waals surface area contributed by atoms with Crippen LogP contribution in [-0.4, -0.2) is 25.2 Å². The van der Waals surface area contributed by atoms with Gasteiger partial charge in [-0.05, 0) is 51.4 Å². The maximum Gasteiger partial charge on any atom is 0.311 e. The van der Waals surface area contributed by atoms with Crippen LogP contribution in [0.15, 0.2) is 0 Å². The molecule has 0 radical (unpaired) electrons. The summed E-state index contributed by atoms with van der Waals surface area (Å²) in [6.07, 6.45) is 16.5. The molecule has 5 heteroatoms. The minimum Gasteiger partial charge on any atom is -0.437 e. The molecule has 0 spiro atoms. The summed E-state index contributed by atoms with van der Waals surface area (Å²) in [5.74, 6) is 0. The molecule has 0 N–H and O–H groups in total. The van der Waals surface area contributed by atoms with E-state index in [1.807, 2.05) is 0 Å². The molecule has 0 aliphatic heterocycles. The number of hydrogen-bond acceptors (Lipinski definition) is 2. The Morgan fingerprint density at radius 2 is 0.741 bits per heavy atom. The lowest BCUT2D eigenvalue weighted by atomic mass is 10.1. The smallest absolute Gasteiger partial charge is 0.311 e. The average Bonchev–Trinajstić information content (AvgIpc) is 2.51. The molecule has 0 bridgehead atoms. The van der Waals surface area contributed by atoms with E-state index < -0.39 is 25.2 Å². The highest BCUT2D eigenvalue weighted by Crippen LogP contribution is 2.27. The molecule has 0 amide bonds. The van der Waals surface area contributed by atoms with Crippen LogP contribution in [-0.2, 0) is 8.23 Å². The van der Waals surface area contributed by atoms with Crippen LogP contribution in [0.5, 0.6) is 0 Å². The zero-order valence-electron chi connectivity index (χ0n) is 20.2. The highest BCUT2D eigenvalue weighted by Gasteiger charge is 2.39. The highest BCUT2D eigenvalue weighted by atomic mass is 28.5. The number of rotatable bonds is 18. The zero-order valence-corrected chi connectivity index (χ0v) is 23.2. The molecule has 0 aliphatic carbocycles. The third-order valence-electron chi connectivity index (χ3n) is 5.31. The van der Waals surface area contributed by atoms with Gasteiger partial charge in [0.2, 0.25) is 0 Å². The minimum absolute atomic E-state index is 1.29. The van der Waals surface area contributed by atoms with Gasteiger partial charge in [-0.1, -0.05) is 90.9 Å². The minimum atomic E-state index is -2.01. The summed E-state index contributed by atoms with van der Waals surface area (Å²) < 4.78 is 13.5. The first kappa shape index (κ1) is 27.6. The largest absolute Gasteiger partial charge is 0.437 e. The van der Waals surface area contributed by atoms with Crippen molar-refractivity contribution in [2.75, 3.05) is 0 Å². The summed E-state index contributed by atoms with van der Waals surface area (Å²) in [7, 11) is -5.22. The lowest BCUT2D eigenvalue weighted by molar-refractivity contribution is 0.385. The monoisotopic (exact) mass is 432 g/mol. The third kappa shape index (κ3) is 17.2. The number of hydrogen-bond donors (Lipinski definition) is 0. The van der Waals surface area contributed by atoms with Gasteiger partial charge in [-0.15, -0.1) is 0 Å². The molecule has 0 saturated heterocycles. The fourth-order valence-corrected chi connectivity index (χ4v) is 18.3. The zero-order chi connectivity index (χ0) is 20.8. The van der Waals surface area contributed by atoms with Crippen LogP contribution in [0.2, 0.25) is 51.4 Å². The second kappa shape index (κ2) is 14.5. The Kier molecular flexibility index (Phi) is 14.8. The van der Waals surface area contributed by atoms with Crippen molar-refractivity contribution in [1.82, 2.24) is 0 Å². The van der Waals surface area contributed by atoms with Gasteiger partial charge < -0.3 is 8.23 Å². The van der Waals surface area contributed by atoms with Crippen molar-refractivity contribution in [2.45, 2.75) is 142 Å². The normalized spacial score (nSPS) is 13.3. The van der Waals surface area contributed by atoms with Gasteiger partial charge in [-0.3, -0.25) is 0 Å². The second-order valence-corrected chi connectivity index (χ2v) is 22.6. The Morgan fingerprint density at radius 3 is 1.07 bits per heavy atom. The van der Waals surface area contributed by atoms with Gasteiger partial charge in [0.05, 0.1) is 0 Å². The van der Waals surface area contributed by atoms with E-state index in [0.717, 1.165) is 0 Å². The van der Waals surface area contributed by atoms with Gasteiger partial charge in [-0.2, -0.15) is 0 Å². The maximum atomic E-state index is 6.74. The Balaban J connectivity index is 4.17. The van der Waals surface area contributed by atoms with Crippen LogP contribution in [0, 0.1) is 0 Å². The van der Waals surface area contributed by atoms with E-state index in [4.69, 9.17) is 8.23 Å². The molecule has 0 saturated carbocycles. The van der Waals surface area contributed by atoms with Crippen molar-refractivity contribution in [1.29, 1.82) is 0 Å². The first-order valence-electron chi connectivity index (χ1n) is 11.9. The molecule has 164 valence electrons. The Labute approximate surface area is 175 Å². The first-order valence-corrected chi connectivity index (χ1v) is 21.0. The fourth-order valence-electron chi connectivity index (χ4n) is 4.12. The van der Waals surface area contributed by atoms with E-state index >= 15 is 0 Å². The summed E-state index contributed by atoms with van der Waals surface area (Å²) in [5.41, 5.74) is 0. The summed E-state index contributed by atoms with van der Waals surface area (Å²) in [4.78, 5) is 0. The predicted octanol–water partition coefficient (Wildman–Crippen LogP) is 8.85. The molecule has 27 heavy (non-hydrogen) atoms. The summed E-state index contributed by atoms with van der Waals surface area (Å²) in [5, 5.41) is 0. The average molecular weight is 433 g/mol. The summed E-state index contributed by atoms with van der Waals surface area (Å²) in [6, 6.07) is 2.58. The van der Waals surface area contributed by atoms with E-state index in [1.165, 1.54) is 89.1 Å². The van der Waals surface area contributed by atoms with E-state index in [2.05, 4.69) is 53.1 Å². The molecular weight excluding hydrogens is 380 g/mol. The Morgan fingerprint density at radius 1 is 0.444 bits per heavy atom. The molecule has 0 aromatic carbocycles. The van der Waals surface area contributed by atoms with Crippen LogP contribution in [0.4, 0.5) is 0 Å². The fraction of sp³-hybridized carbons (Fsp3) is 1.00. The summed E-state index contributed by atoms with van der Waals surface area (Å²) in [6.45, 7) is 18.8. The quantitative estimate of drug-likeness (QED) is 0.159. The van der Waals surface area contributed by atoms with E-state index in [-0.39, 0.29) is 0 Å². The Hall–Kier alpha value is 0.571. The second-order valence-electron chi connectivity index (χ2n) is 10.2. The van der Waals surface area contributed by atoms with Crippen LogP contribution in [0.25, 0.3) is 0 Å². The topological polar surface area (TPSA) is 18.5 Å². The van der Waals surface area contributed by atoms with Gasteiger partial charge in [-0.25, -0.2) is 0 Å². The van der Waals surface area contributed by atoms with Crippen molar-refractivity contribution in [3.05, 3.63) is 0 Å². The molecule has 2 nitrogen and oxygen atoms in total. The van der Waals surface area contributed by atoms with Crippen molar-refractivity contribution in [3.8, 4) is 0 Å². The molecule has 0 aromatic rings. The molecule has 0 unspecified atom stereocenters. The van der Waals surface area contributed by atoms with Gasteiger partial charge >= 0.3 is 8.56 Å². The molecule has 0 heterocycles. The lowest BCUT2D eigenvalue weighted by Gasteiger charge is -2.39. The third-order valence-corrected chi connectivity index (χ3v) is 16.8. The molecule has 0 atom stereocenters. The van der Waals surface area contributed by atoms with E-state index in [1.54, 1.807) is 0 Å². The van der Waals surface area contributed by atoms with Crippen LogP contribution in [0.3, 0.4) is 0 Å². The van der Waals surface area contributed by atoms with Crippen molar-refractivity contribution >= 4 is 25.2 Å². The molecular formula is C22H52O2Si3. The van der Waals surface area contributed by atoms with Crippen molar-refractivity contribution < 1.29 is 8.23 Å². The molecule has 0 aromatic heterocycles. The van der Waals surface area contributed by atoms with Gasteiger partial charge in [0.15, 0.2) is 16.6 Å². The number of unbranched alkanes of at least 4 members (excludes halogenated alkanes) is 10. The van der Waals surface area contributed by atoms with E-state index in [0.29, 0.717) is 0 Å². The van der Waals surface area contributed by atoms with Crippen LogP contribution >= 0.6 is 0 Å². The van der Waals surface area contributed by atoms with Gasteiger partial charge in [0, 0.05) is 0 Å². The molecule has 0 fully saturated rings. The molecule has 0 aliphatic rings. The predicted molar refractivity (Wildman–Crippen MR) is 131 cm³/mol. The van der Waals surface area contributed by atoms with E-state index in [9.17, 15) is 0 Å². The summed E-state index contributed by atoms with van der Waals surface area (Å²) >= 11 is 0. The highest BCUT2D eigenvalue weighted by molar-refractivity contribution is 6.87. The SMILES string of the molecule is CCCCCCCC[Si](C)(C)O[Si](C)(C)O[Si](C)(C)CCCCCCCC. The first-order chi connectivity index (χ1) is 12.5. The van der Waals surface area contributed by atoms with Crippen molar-refractivity contribution in [3.63, 3.8) is 0 Å². The van der Waals surface area contributed by atoms with Crippen LogP contribution in [0.1, 0.15) is 90.9 Å². The van der Waals surface area contributed by atoms with Crippen LogP contribution < -0.4 is 0 Å². The van der Waals surface area contributed by atoms with Gasteiger partial charge in [0.25, 0.3) is 0 Å². The van der Waals surface area contributed by atoms with Gasteiger partial charge in [0.1, 0.15) is 0 Å².